The van der Waals surface area contributed by atoms with Gasteiger partial charge in [-0.15, -0.1) is 10.2 Å². The quantitative estimate of drug-likeness (QED) is 0.362. The van der Waals surface area contributed by atoms with Crippen LogP contribution in [0.3, 0.4) is 0 Å². The van der Waals surface area contributed by atoms with Crippen LogP contribution in [0.25, 0.3) is 16.7 Å². The lowest BCUT2D eigenvalue weighted by Crippen LogP contribution is -2.44. The molecule has 1 amide bonds. The van der Waals surface area contributed by atoms with Crippen LogP contribution in [0.15, 0.2) is 18.2 Å². The number of ether oxygens (including phenoxy) is 2. The van der Waals surface area contributed by atoms with E-state index in [4.69, 9.17) is 20.2 Å². The highest BCUT2D eigenvalue weighted by Gasteiger charge is 2.16. The minimum atomic E-state index is -0.470. The molecule has 0 aliphatic carbocycles. The van der Waals surface area contributed by atoms with Crippen LogP contribution in [-0.4, -0.2) is 64.9 Å². The van der Waals surface area contributed by atoms with Crippen molar-refractivity contribution in [3.8, 4) is 5.75 Å². The number of unbranched alkanes of at least 4 members (excludes halogenated alkanes) is 1. The number of rotatable bonds is 12. The fourth-order valence-corrected chi connectivity index (χ4v) is 3.30. The number of anilines is 1. The van der Waals surface area contributed by atoms with Gasteiger partial charge >= 0.3 is 0 Å². The maximum absolute atomic E-state index is 11.9. The van der Waals surface area contributed by atoms with Crippen LogP contribution >= 0.6 is 0 Å². The van der Waals surface area contributed by atoms with Crippen molar-refractivity contribution in [2.24, 2.45) is 11.7 Å². The summed E-state index contributed by atoms with van der Waals surface area (Å²) in [6.45, 7) is 8.06. The van der Waals surface area contributed by atoms with Gasteiger partial charge in [0.15, 0.2) is 5.82 Å². The van der Waals surface area contributed by atoms with Crippen LogP contribution in [-0.2, 0) is 9.53 Å². The van der Waals surface area contributed by atoms with Crippen LogP contribution in [0.5, 0.6) is 5.75 Å². The van der Waals surface area contributed by atoms with E-state index >= 15 is 0 Å². The number of amides is 1. The van der Waals surface area contributed by atoms with E-state index in [0.717, 1.165) is 35.4 Å². The Morgan fingerprint density at radius 1 is 1.19 bits per heavy atom. The van der Waals surface area contributed by atoms with E-state index in [-0.39, 0.29) is 11.8 Å². The zero-order valence-corrected chi connectivity index (χ0v) is 19.2. The fourth-order valence-electron chi connectivity index (χ4n) is 3.30. The van der Waals surface area contributed by atoms with Crippen LogP contribution in [0, 0.1) is 12.8 Å². The third-order valence-electron chi connectivity index (χ3n) is 5.23. The monoisotopic (exact) mass is 443 g/mol. The molecule has 2 heterocycles. The van der Waals surface area contributed by atoms with Crippen molar-refractivity contribution in [3.05, 3.63) is 24.0 Å². The second-order valence-electron chi connectivity index (χ2n) is 8.05. The summed E-state index contributed by atoms with van der Waals surface area (Å²) >= 11 is 0. The Bertz CT molecular complexity index is 1050. The van der Waals surface area contributed by atoms with Crippen molar-refractivity contribution in [2.75, 3.05) is 38.7 Å². The number of methoxy groups -OCH3 is 1. The molecule has 0 saturated heterocycles. The van der Waals surface area contributed by atoms with Crippen LogP contribution in [0.4, 0.5) is 5.82 Å². The number of nitrogens with two attached hydrogens (primary N) is 1. The highest BCUT2D eigenvalue weighted by molar-refractivity contribution is 5.84. The number of benzene rings is 1. The Morgan fingerprint density at radius 3 is 2.72 bits per heavy atom. The average molecular weight is 444 g/mol. The van der Waals surface area contributed by atoms with Gasteiger partial charge in [-0.2, -0.15) is 0 Å². The largest absolute Gasteiger partial charge is 0.491 e. The maximum atomic E-state index is 11.9. The van der Waals surface area contributed by atoms with Crippen molar-refractivity contribution in [2.45, 2.75) is 39.7 Å². The summed E-state index contributed by atoms with van der Waals surface area (Å²) in [5, 5.41) is 14.8. The molecule has 1 atom stereocenters. The molecule has 0 bridgehead atoms. The number of nitrogens with one attached hydrogen (secondary N) is 2. The molecule has 0 fully saturated rings. The van der Waals surface area contributed by atoms with Gasteiger partial charge in [0.25, 0.3) is 0 Å². The lowest BCUT2D eigenvalue weighted by atomic mass is 10.1. The SMILES string of the molecule is COCCOc1ccc2c(c1)nc(NCCCCNC(=O)C(N)C(C)C)c1nnc(C)n12. The molecule has 3 aromatic rings. The van der Waals surface area contributed by atoms with Gasteiger partial charge < -0.3 is 25.8 Å². The summed E-state index contributed by atoms with van der Waals surface area (Å²) in [5.74, 6) is 2.20. The van der Waals surface area contributed by atoms with E-state index in [1.807, 2.05) is 43.4 Å². The van der Waals surface area contributed by atoms with Crippen molar-refractivity contribution < 1.29 is 14.3 Å². The van der Waals surface area contributed by atoms with Crippen LogP contribution in [0.1, 0.15) is 32.5 Å². The van der Waals surface area contributed by atoms with E-state index in [1.54, 1.807) is 7.11 Å². The number of hydrogen-bond donors (Lipinski definition) is 3. The first-order valence-corrected chi connectivity index (χ1v) is 11.0. The molecule has 174 valence electrons. The molecule has 3 rings (SSSR count). The summed E-state index contributed by atoms with van der Waals surface area (Å²) in [7, 11) is 1.64. The van der Waals surface area contributed by atoms with Crippen LogP contribution in [0.2, 0.25) is 0 Å². The molecule has 10 nitrogen and oxygen atoms in total. The molecule has 1 unspecified atom stereocenters. The van der Waals surface area contributed by atoms with Gasteiger partial charge in [0.1, 0.15) is 18.2 Å². The molecule has 0 aliphatic heterocycles. The molecule has 10 heteroatoms. The van der Waals surface area contributed by atoms with E-state index in [9.17, 15) is 4.79 Å². The van der Waals surface area contributed by atoms with Crippen molar-refractivity contribution in [1.82, 2.24) is 24.9 Å². The third-order valence-corrected chi connectivity index (χ3v) is 5.23. The van der Waals surface area contributed by atoms with Gasteiger partial charge in [-0.3, -0.25) is 9.20 Å². The molecular formula is C22H33N7O3. The Hall–Kier alpha value is -2.98. The molecular weight excluding hydrogens is 410 g/mol. The predicted octanol–water partition coefficient (Wildman–Crippen LogP) is 1.90. The summed E-state index contributed by atoms with van der Waals surface area (Å²) < 4.78 is 12.7. The average Bonchev–Trinajstić information content (AvgIpc) is 3.17. The highest BCUT2D eigenvalue weighted by atomic mass is 16.5. The van der Waals surface area contributed by atoms with E-state index in [2.05, 4.69) is 20.8 Å². The van der Waals surface area contributed by atoms with Crippen molar-refractivity contribution in [3.63, 3.8) is 0 Å². The van der Waals surface area contributed by atoms with Gasteiger partial charge in [0.05, 0.1) is 23.7 Å². The zero-order valence-electron chi connectivity index (χ0n) is 19.2. The van der Waals surface area contributed by atoms with Gasteiger partial charge in [0.2, 0.25) is 11.6 Å². The molecule has 2 aromatic heterocycles. The Kier molecular flexibility index (Phi) is 8.18. The molecule has 4 N–H and O–H groups in total. The van der Waals surface area contributed by atoms with E-state index in [1.165, 1.54) is 0 Å². The van der Waals surface area contributed by atoms with Gasteiger partial charge in [-0.05, 0) is 37.8 Å². The number of aryl methyl sites for hydroxylation is 1. The normalized spacial score (nSPS) is 12.4. The molecule has 0 aliphatic rings. The summed E-state index contributed by atoms with van der Waals surface area (Å²) in [6.07, 6.45) is 1.69. The van der Waals surface area contributed by atoms with Gasteiger partial charge in [0, 0.05) is 26.3 Å². The third kappa shape index (κ3) is 5.63. The second-order valence-corrected chi connectivity index (χ2v) is 8.05. The standard InChI is InChI=1S/C22H33N7O3/c1-14(2)19(23)22(30)25-10-6-5-9-24-20-21-28-27-15(3)29(21)18-8-7-16(13-17(18)26-20)32-12-11-31-4/h7-8,13-14,19H,5-6,9-12,23H2,1-4H3,(H,24,26)(H,25,30). The highest BCUT2D eigenvalue weighted by Crippen LogP contribution is 2.25. The number of fused-ring (bicyclic) bond motifs is 3. The molecule has 0 saturated carbocycles. The molecule has 1 aromatic carbocycles. The summed E-state index contributed by atoms with van der Waals surface area (Å²) in [6, 6.07) is 5.30. The topological polar surface area (TPSA) is 129 Å². The minimum absolute atomic E-state index is 0.103. The lowest BCUT2D eigenvalue weighted by Gasteiger charge is -2.15. The maximum Gasteiger partial charge on any atom is 0.237 e. The van der Waals surface area contributed by atoms with Gasteiger partial charge in [-0.1, -0.05) is 13.8 Å². The first-order chi connectivity index (χ1) is 15.4. The first-order valence-electron chi connectivity index (χ1n) is 11.0. The minimum Gasteiger partial charge on any atom is -0.491 e. The molecule has 0 radical (unpaired) electrons. The Balaban J connectivity index is 1.64. The predicted molar refractivity (Wildman–Crippen MR) is 124 cm³/mol. The molecule has 32 heavy (non-hydrogen) atoms. The van der Waals surface area contributed by atoms with Crippen molar-refractivity contribution >= 4 is 28.4 Å². The second kappa shape index (κ2) is 11.1. The first kappa shape index (κ1) is 23.7. The smallest absolute Gasteiger partial charge is 0.237 e. The Labute approximate surface area is 187 Å². The Morgan fingerprint density at radius 2 is 1.97 bits per heavy atom. The molecule has 0 spiro atoms. The number of nitrogens with zero attached hydrogens (tertiary/aromatic N) is 4. The lowest BCUT2D eigenvalue weighted by molar-refractivity contribution is -0.123. The number of aromatic nitrogens is 4. The zero-order chi connectivity index (χ0) is 23.1. The fraction of sp³-hybridized carbons (Fsp3) is 0.545. The van der Waals surface area contributed by atoms with E-state index < -0.39 is 6.04 Å². The number of carbonyl (C=O) groups excluding carboxylic acids is 1. The number of carbonyl (C=O) groups is 1. The van der Waals surface area contributed by atoms with Crippen molar-refractivity contribution in [1.29, 1.82) is 0 Å². The number of hydrogen-bond acceptors (Lipinski definition) is 8. The van der Waals surface area contributed by atoms with E-state index in [0.29, 0.717) is 37.8 Å². The summed E-state index contributed by atoms with van der Waals surface area (Å²) in [5.41, 5.74) is 8.24. The van der Waals surface area contributed by atoms with Gasteiger partial charge in [-0.25, -0.2) is 4.98 Å². The van der Waals surface area contributed by atoms with Crippen LogP contribution < -0.4 is 21.1 Å². The summed E-state index contributed by atoms with van der Waals surface area (Å²) in [4.78, 5) is 16.7.